The Bertz CT molecular complexity index is 1320. The summed E-state index contributed by atoms with van der Waals surface area (Å²) in [5.41, 5.74) is 3.51. The second kappa shape index (κ2) is 8.96. The van der Waals surface area contributed by atoms with Crippen LogP contribution in [-0.4, -0.2) is 56.3 Å². The molecule has 0 radical (unpaired) electrons. The van der Waals surface area contributed by atoms with Gasteiger partial charge >= 0.3 is 0 Å². The van der Waals surface area contributed by atoms with E-state index < -0.39 is 0 Å². The summed E-state index contributed by atoms with van der Waals surface area (Å²) in [6.45, 7) is 4.99. The topological polar surface area (TPSA) is 94.3 Å². The summed E-state index contributed by atoms with van der Waals surface area (Å²) in [5.74, 6) is 0.934. The molecule has 1 fully saturated rings. The fourth-order valence-electron chi connectivity index (χ4n) is 5.62. The van der Waals surface area contributed by atoms with E-state index in [2.05, 4.69) is 26.3 Å². The Morgan fingerprint density at radius 2 is 1.91 bits per heavy atom. The van der Waals surface area contributed by atoms with Gasteiger partial charge < -0.3 is 15.0 Å². The highest BCUT2D eigenvalue weighted by Gasteiger charge is 2.27. The average molecular weight is 463 g/mol. The molecule has 3 aromatic heterocycles. The van der Waals surface area contributed by atoms with E-state index in [4.69, 9.17) is 4.74 Å². The zero-order valence-corrected chi connectivity index (χ0v) is 19.3. The minimum absolute atomic E-state index is 0.0575. The van der Waals surface area contributed by atoms with Crippen LogP contribution in [0.15, 0.2) is 40.2 Å². The maximum absolute atomic E-state index is 12.8. The number of nitrogens with zero attached hydrogens (tertiary/aromatic N) is 5. The van der Waals surface area contributed by atoms with Gasteiger partial charge in [0.2, 0.25) is 0 Å². The van der Waals surface area contributed by atoms with E-state index in [-0.39, 0.29) is 17.2 Å². The first-order chi connectivity index (χ1) is 16.7. The lowest BCUT2D eigenvalue weighted by Gasteiger charge is -2.36. The third kappa shape index (κ3) is 4.03. The van der Waals surface area contributed by atoms with E-state index in [1.807, 2.05) is 6.20 Å². The molecule has 6 rings (SSSR count). The lowest BCUT2D eigenvalue weighted by Crippen LogP contribution is -2.46. The van der Waals surface area contributed by atoms with Crippen molar-refractivity contribution in [3.63, 3.8) is 0 Å². The molecular formula is C25H30N6O3. The Morgan fingerprint density at radius 1 is 1.03 bits per heavy atom. The minimum Gasteiger partial charge on any atom is -0.492 e. The van der Waals surface area contributed by atoms with E-state index in [0.717, 1.165) is 76.3 Å². The summed E-state index contributed by atoms with van der Waals surface area (Å²) in [6.07, 6.45) is 8.27. The van der Waals surface area contributed by atoms with Gasteiger partial charge in [0.05, 0.1) is 30.7 Å². The third-order valence-electron chi connectivity index (χ3n) is 7.45. The Labute approximate surface area is 197 Å². The fourth-order valence-corrected chi connectivity index (χ4v) is 5.62. The maximum Gasteiger partial charge on any atom is 0.270 e. The molecule has 0 saturated carbocycles. The van der Waals surface area contributed by atoms with Crippen LogP contribution in [-0.2, 0) is 19.5 Å². The summed E-state index contributed by atoms with van der Waals surface area (Å²) in [5, 5.41) is 3.68. The smallest absolute Gasteiger partial charge is 0.270 e. The predicted molar refractivity (Wildman–Crippen MR) is 128 cm³/mol. The second-order valence-electron chi connectivity index (χ2n) is 9.63. The highest BCUT2D eigenvalue weighted by Crippen LogP contribution is 2.26. The molecule has 178 valence electrons. The zero-order valence-electron chi connectivity index (χ0n) is 19.3. The number of nitrogens with one attached hydrogen (secondary N) is 1. The van der Waals surface area contributed by atoms with Crippen molar-refractivity contribution in [3.8, 4) is 5.75 Å². The molecule has 3 aliphatic rings. The molecule has 1 saturated heterocycles. The fraction of sp³-hybridized carbons (Fsp3) is 0.520. The zero-order chi connectivity index (χ0) is 23.1. The monoisotopic (exact) mass is 462 g/mol. The molecule has 9 heteroatoms. The number of likely N-dealkylation sites (tertiary alicyclic amines) is 1. The first kappa shape index (κ1) is 21.5. The van der Waals surface area contributed by atoms with Gasteiger partial charge in [-0.3, -0.25) is 23.7 Å². The molecule has 1 N–H and O–H groups in total. The van der Waals surface area contributed by atoms with E-state index in [1.165, 1.54) is 11.8 Å². The van der Waals surface area contributed by atoms with Crippen molar-refractivity contribution in [2.45, 2.75) is 57.3 Å². The summed E-state index contributed by atoms with van der Waals surface area (Å²) >= 11 is 0. The van der Waals surface area contributed by atoms with Crippen LogP contribution in [0.1, 0.15) is 43.0 Å². The molecule has 0 aromatic carbocycles. The van der Waals surface area contributed by atoms with Crippen LogP contribution in [0.3, 0.4) is 0 Å². The summed E-state index contributed by atoms with van der Waals surface area (Å²) in [6, 6.07) is 5.99. The number of hydrogen-bond donors (Lipinski definition) is 1. The van der Waals surface area contributed by atoms with Gasteiger partial charge in [0.1, 0.15) is 16.9 Å². The van der Waals surface area contributed by atoms with Crippen LogP contribution < -0.4 is 21.2 Å². The maximum atomic E-state index is 12.8. The van der Waals surface area contributed by atoms with Gasteiger partial charge in [-0.2, -0.15) is 0 Å². The number of hydrogen-bond acceptors (Lipinski definition) is 7. The first-order valence-electron chi connectivity index (χ1n) is 12.3. The summed E-state index contributed by atoms with van der Waals surface area (Å²) < 4.78 is 9.15. The molecule has 34 heavy (non-hydrogen) atoms. The largest absolute Gasteiger partial charge is 0.492 e. The van der Waals surface area contributed by atoms with Crippen molar-refractivity contribution in [3.05, 3.63) is 62.6 Å². The lowest BCUT2D eigenvalue weighted by atomic mass is 10.0. The quantitative estimate of drug-likeness (QED) is 0.614. The Morgan fingerprint density at radius 3 is 2.79 bits per heavy atom. The second-order valence-corrected chi connectivity index (χ2v) is 9.63. The van der Waals surface area contributed by atoms with Crippen LogP contribution in [0, 0.1) is 0 Å². The predicted octanol–water partition coefficient (Wildman–Crippen LogP) is 1.48. The van der Waals surface area contributed by atoms with Gasteiger partial charge in [-0.25, -0.2) is 4.98 Å². The van der Waals surface area contributed by atoms with Crippen molar-refractivity contribution in [1.29, 1.82) is 0 Å². The van der Waals surface area contributed by atoms with E-state index >= 15 is 0 Å². The molecular weight excluding hydrogens is 432 g/mol. The van der Waals surface area contributed by atoms with Crippen molar-refractivity contribution in [1.82, 2.24) is 29.3 Å². The van der Waals surface area contributed by atoms with Gasteiger partial charge in [-0.05, 0) is 62.9 Å². The number of ether oxygens (including phenoxy) is 1. The van der Waals surface area contributed by atoms with Crippen molar-refractivity contribution in [2.75, 3.05) is 26.2 Å². The van der Waals surface area contributed by atoms with Crippen LogP contribution >= 0.6 is 0 Å². The standard InChI is InChI=1S/C25H30N6O3/c32-23-4-3-21-25-30(24(33)15-28-21)10-7-20(31(23)25)16-29-8-5-18(6-9-29)26-13-19-12-17-2-1-11-34-22(17)14-27-19/h3-4,12,14-15,18,20,26H,1-2,5-11,13,16H2/t20-/m0/s1. The Hall–Kier alpha value is -3.04. The minimum atomic E-state index is -0.141. The number of piperidine rings is 1. The molecule has 0 spiro atoms. The number of rotatable bonds is 5. The molecule has 0 bridgehead atoms. The molecule has 9 nitrogen and oxygen atoms in total. The van der Waals surface area contributed by atoms with E-state index in [0.29, 0.717) is 23.8 Å². The van der Waals surface area contributed by atoms with Crippen LogP contribution in [0.5, 0.6) is 5.75 Å². The highest BCUT2D eigenvalue weighted by molar-refractivity contribution is 5.70. The SMILES string of the molecule is O=c1cnc2ccc(=O)n3c2n1CC[C@H]3CN1CCC(NCc2cc3c(cn2)OCCC3)CC1. The molecule has 1 atom stereocenters. The third-order valence-corrected chi connectivity index (χ3v) is 7.45. The molecule has 0 amide bonds. The van der Waals surface area contributed by atoms with Crippen molar-refractivity contribution in [2.24, 2.45) is 0 Å². The van der Waals surface area contributed by atoms with Gasteiger partial charge in [-0.15, -0.1) is 0 Å². The molecule has 0 aliphatic carbocycles. The van der Waals surface area contributed by atoms with E-state index in [1.54, 1.807) is 21.3 Å². The van der Waals surface area contributed by atoms with Crippen molar-refractivity contribution < 1.29 is 4.74 Å². The number of fused-ring (bicyclic) bond motifs is 1. The van der Waals surface area contributed by atoms with Crippen LogP contribution in [0.2, 0.25) is 0 Å². The summed E-state index contributed by atoms with van der Waals surface area (Å²) in [7, 11) is 0. The van der Waals surface area contributed by atoms with Gasteiger partial charge in [0.15, 0.2) is 0 Å². The lowest BCUT2D eigenvalue weighted by molar-refractivity contribution is 0.163. The van der Waals surface area contributed by atoms with Crippen LogP contribution in [0.4, 0.5) is 0 Å². The molecule has 6 heterocycles. The van der Waals surface area contributed by atoms with E-state index in [9.17, 15) is 9.59 Å². The average Bonchev–Trinajstić information content (AvgIpc) is 2.87. The normalized spacial score (nSPS) is 20.8. The highest BCUT2D eigenvalue weighted by atomic mass is 16.5. The number of pyridine rings is 2. The number of aryl methyl sites for hydroxylation is 2. The first-order valence-corrected chi connectivity index (χ1v) is 12.3. The molecule has 3 aliphatic heterocycles. The molecule has 0 unspecified atom stereocenters. The van der Waals surface area contributed by atoms with Gasteiger partial charge in [-0.1, -0.05) is 0 Å². The van der Waals surface area contributed by atoms with Crippen molar-refractivity contribution >= 4 is 11.2 Å². The van der Waals surface area contributed by atoms with Crippen LogP contribution in [0.25, 0.3) is 11.2 Å². The van der Waals surface area contributed by atoms with Gasteiger partial charge in [0.25, 0.3) is 11.1 Å². The molecule has 3 aromatic rings. The summed E-state index contributed by atoms with van der Waals surface area (Å²) in [4.78, 5) is 36.3. The van der Waals surface area contributed by atoms with Gasteiger partial charge in [0, 0.05) is 31.7 Å². The Kier molecular flexibility index (Phi) is 5.66. The Balaban J connectivity index is 1.08. The number of aromatic nitrogens is 4.